The zero-order valence-corrected chi connectivity index (χ0v) is 19.8. The molecule has 2 saturated heterocycles. The number of unbranched alkanes of at least 4 members (excludes halogenated alkanes) is 1. The molecule has 1 amide bonds. The predicted molar refractivity (Wildman–Crippen MR) is 122 cm³/mol. The molecule has 10 heteroatoms. The number of aliphatic hydroxyl groups excluding tert-OH is 3. The van der Waals surface area contributed by atoms with E-state index in [-0.39, 0.29) is 11.9 Å². The summed E-state index contributed by atoms with van der Waals surface area (Å²) in [6.45, 7) is 9.88. The van der Waals surface area contributed by atoms with Crippen LogP contribution in [-0.2, 0) is 9.53 Å². The van der Waals surface area contributed by atoms with Gasteiger partial charge in [0.15, 0.2) is 0 Å². The standard InChI is InChI=1S/C21H36ClN3O5S/c1-12(22)15(19-17(27)16(26)18(28)21(30-19)31-3)25-20(29)14-8-7-13(9-11-24-14)6-4-5-10-23-2/h12-19,21,24,26-28H,4-11H2,1,3H3,(H,25,29)/t12-,13-,14?,15+,16-,17+,18+,19+,21+/m0/s1. The van der Waals surface area contributed by atoms with Crippen LogP contribution in [0.3, 0.4) is 0 Å². The molecule has 9 atom stereocenters. The molecule has 8 nitrogen and oxygen atoms in total. The lowest BCUT2D eigenvalue weighted by Crippen LogP contribution is -2.65. The van der Waals surface area contributed by atoms with Gasteiger partial charge in [0.25, 0.3) is 0 Å². The lowest BCUT2D eigenvalue weighted by atomic mass is 9.92. The fraction of sp³-hybridized carbons (Fsp3) is 0.905. The topological polar surface area (TPSA) is 115 Å². The molecule has 2 aliphatic rings. The molecule has 0 saturated carbocycles. The fourth-order valence-electron chi connectivity index (χ4n) is 4.34. The van der Waals surface area contributed by atoms with Crippen molar-refractivity contribution in [1.82, 2.24) is 10.6 Å². The Balaban J connectivity index is 1.95. The van der Waals surface area contributed by atoms with Crippen LogP contribution in [0, 0.1) is 12.5 Å². The smallest absolute Gasteiger partial charge is 0.237 e. The molecule has 178 valence electrons. The molecule has 5 N–H and O–H groups in total. The number of alkyl halides is 1. The first-order chi connectivity index (χ1) is 14.8. The number of aliphatic hydroxyl groups is 3. The van der Waals surface area contributed by atoms with E-state index in [1.165, 1.54) is 11.8 Å². The van der Waals surface area contributed by atoms with Crippen LogP contribution in [0.5, 0.6) is 0 Å². The predicted octanol–water partition coefficient (Wildman–Crippen LogP) is 1.12. The minimum atomic E-state index is -1.38. The minimum absolute atomic E-state index is 0.205. The fourth-order valence-corrected chi connectivity index (χ4v) is 5.22. The van der Waals surface area contributed by atoms with Crippen molar-refractivity contribution in [1.29, 1.82) is 0 Å². The van der Waals surface area contributed by atoms with Crippen LogP contribution in [0.4, 0.5) is 0 Å². The van der Waals surface area contributed by atoms with E-state index in [4.69, 9.17) is 22.9 Å². The van der Waals surface area contributed by atoms with E-state index in [2.05, 4.69) is 15.5 Å². The number of halogens is 1. The quantitative estimate of drug-likeness (QED) is 0.192. The van der Waals surface area contributed by atoms with E-state index in [1.54, 1.807) is 13.2 Å². The van der Waals surface area contributed by atoms with Crippen molar-refractivity contribution < 1.29 is 24.9 Å². The number of nitrogens with zero attached hydrogens (tertiary/aromatic N) is 1. The van der Waals surface area contributed by atoms with Crippen molar-refractivity contribution in [3.63, 3.8) is 0 Å². The van der Waals surface area contributed by atoms with Gasteiger partial charge in [-0.25, -0.2) is 6.57 Å². The van der Waals surface area contributed by atoms with Crippen molar-refractivity contribution in [2.75, 3.05) is 19.3 Å². The number of thioether (sulfide) groups is 1. The summed E-state index contributed by atoms with van der Waals surface area (Å²) in [6, 6.07) is -1.09. The van der Waals surface area contributed by atoms with Gasteiger partial charge >= 0.3 is 0 Å². The van der Waals surface area contributed by atoms with Gasteiger partial charge < -0.3 is 35.5 Å². The minimum Gasteiger partial charge on any atom is -0.388 e. The summed E-state index contributed by atoms with van der Waals surface area (Å²) in [6.07, 6.45) is 2.50. The molecular weight excluding hydrogens is 442 g/mol. The highest BCUT2D eigenvalue weighted by molar-refractivity contribution is 7.99. The Kier molecular flexibility index (Phi) is 11.3. The second-order valence-corrected chi connectivity index (χ2v) is 10.1. The monoisotopic (exact) mass is 477 g/mol. The number of nitrogens with one attached hydrogen (secondary N) is 2. The van der Waals surface area contributed by atoms with Gasteiger partial charge in [-0.15, -0.1) is 23.4 Å². The molecule has 2 fully saturated rings. The van der Waals surface area contributed by atoms with E-state index in [1.807, 2.05) is 0 Å². The van der Waals surface area contributed by atoms with Crippen molar-refractivity contribution >= 4 is 29.3 Å². The van der Waals surface area contributed by atoms with E-state index < -0.39 is 41.3 Å². The van der Waals surface area contributed by atoms with Gasteiger partial charge in [0.05, 0.1) is 17.5 Å². The second kappa shape index (κ2) is 13.2. The largest absolute Gasteiger partial charge is 0.388 e. The molecule has 0 aliphatic carbocycles. The zero-order chi connectivity index (χ0) is 23.0. The third-order valence-corrected chi connectivity index (χ3v) is 7.38. The highest BCUT2D eigenvalue weighted by Gasteiger charge is 2.48. The van der Waals surface area contributed by atoms with E-state index >= 15 is 0 Å². The van der Waals surface area contributed by atoms with Crippen LogP contribution in [0.25, 0.3) is 4.85 Å². The lowest BCUT2D eigenvalue weighted by molar-refractivity contribution is -0.205. The summed E-state index contributed by atoms with van der Waals surface area (Å²) in [5, 5.41) is 36.4. The normalized spacial score (nSPS) is 36.1. The highest BCUT2D eigenvalue weighted by atomic mass is 35.5. The van der Waals surface area contributed by atoms with Gasteiger partial charge in [0.1, 0.15) is 29.9 Å². The van der Waals surface area contributed by atoms with Crippen molar-refractivity contribution in [2.24, 2.45) is 5.92 Å². The third kappa shape index (κ3) is 7.46. The summed E-state index contributed by atoms with van der Waals surface area (Å²) in [5.74, 6) is 0.338. The van der Waals surface area contributed by atoms with Crippen LogP contribution < -0.4 is 10.6 Å². The molecule has 0 bridgehead atoms. The Morgan fingerprint density at radius 1 is 1.26 bits per heavy atom. The summed E-state index contributed by atoms with van der Waals surface area (Å²) in [7, 11) is 0. The van der Waals surface area contributed by atoms with Gasteiger partial charge in [-0.3, -0.25) is 4.79 Å². The number of carbonyl (C=O) groups is 1. The highest BCUT2D eigenvalue weighted by Crippen LogP contribution is 2.30. The molecule has 0 aromatic heterocycles. The number of rotatable bonds is 9. The van der Waals surface area contributed by atoms with Gasteiger partial charge in [-0.05, 0) is 51.3 Å². The molecule has 2 aliphatic heterocycles. The molecule has 0 radical (unpaired) electrons. The number of hydrogen-bond donors (Lipinski definition) is 5. The summed E-state index contributed by atoms with van der Waals surface area (Å²) in [4.78, 5) is 16.4. The molecule has 0 aromatic rings. The van der Waals surface area contributed by atoms with Crippen LogP contribution in [0.1, 0.15) is 45.4 Å². The van der Waals surface area contributed by atoms with E-state index in [0.717, 1.165) is 38.6 Å². The maximum absolute atomic E-state index is 13.0. The van der Waals surface area contributed by atoms with Crippen molar-refractivity contribution in [2.45, 2.75) is 92.8 Å². The molecule has 2 rings (SSSR count). The van der Waals surface area contributed by atoms with Crippen LogP contribution in [0.15, 0.2) is 0 Å². The van der Waals surface area contributed by atoms with E-state index in [9.17, 15) is 20.1 Å². The summed E-state index contributed by atoms with van der Waals surface area (Å²) in [5.41, 5.74) is -0.724. The maximum Gasteiger partial charge on any atom is 0.237 e. The zero-order valence-electron chi connectivity index (χ0n) is 18.2. The molecular formula is C21H36ClN3O5S. The number of hydrogen-bond acceptors (Lipinski definition) is 7. The van der Waals surface area contributed by atoms with Gasteiger partial charge in [-0.1, -0.05) is 6.42 Å². The van der Waals surface area contributed by atoms with Gasteiger partial charge in [0.2, 0.25) is 12.5 Å². The number of amides is 1. The lowest BCUT2D eigenvalue weighted by Gasteiger charge is -2.44. The molecule has 0 spiro atoms. The second-order valence-electron chi connectivity index (χ2n) is 8.50. The van der Waals surface area contributed by atoms with Crippen LogP contribution >= 0.6 is 23.4 Å². The third-order valence-electron chi connectivity index (χ3n) is 6.25. The average Bonchev–Trinajstić information content (AvgIpc) is 2.99. The molecule has 1 unspecified atom stereocenters. The van der Waals surface area contributed by atoms with Crippen LogP contribution in [0.2, 0.25) is 0 Å². The first kappa shape index (κ1) is 26.7. The Bertz CT molecular complexity index is 606. The summed E-state index contributed by atoms with van der Waals surface area (Å²) < 4.78 is 5.81. The Morgan fingerprint density at radius 2 is 2.00 bits per heavy atom. The molecule has 31 heavy (non-hydrogen) atoms. The average molecular weight is 478 g/mol. The van der Waals surface area contributed by atoms with Gasteiger partial charge in [0, 0.05) is 6.42 Å². The number of carbonyl (C=O) groups excluding carboxylic acids is 1. The molecule has 2 heterocycles. The maximum atomic E-state index is 13.0. The number of ether oxygens (including phenoxy) is 1. The van der Waals surface area contributed by atoms with Crippen molar-refractivity contribution in [3.8, 4) is 0 Å². The molecule has 0 aromatic carbocycles. The summed E-state index contributed by atoms with van der Waals surface area (Å²) >= 11 is 7.56. The Labute approximate surface area is 194 Å². The Hall–Kier alpha value is -0.600. The SMILES string of the molecule is [C-]#[N+]CCCC[C@@H]1CCNC(C(=O)N[C@@H]([C@H]2O[C@H](SC)[C@H](O)[C@@H](O)[C@H]2O)[C@H](C)Cl)CC1. The van der Waals surface area contributed by atoms with Crippen molar-refractivity contribution in [3.05, 3.63) is 11.4 Å². The van der Waals surface area contributed by atoms with Gasteiger partial charge in [-0.2, -0.15) is 0 Å². The Morgan fingerprint density at radius 3 is 2.65 bits per heavy atom. The van der Waals surface area contributed by atoms with Crippen LogP contribution in [-0.4, -0.2) is 87.9 Å². The first-order valence-corrected chi connectivity index (χ1v) is 12.8. The van der Waals surface area contributed by atoms with E-state index in [0.29, 0.717) is 18.9 Å². The first-order valence-electron chi connectivity index (χ1n) is 11.0.